The Bertz CT molecular complexity index is 740. The molecular formula is C21H26N2O2S. The number of amides is 1. The van der Waals surface area contributed by atoms with Crippen molar-refractivity contribution in [1.82, 2.24) is 5.32 Å². The molecule has 0 aromatic heterocycles. The number of benzene rings is 2. The van der Waals surface area contributed by atoms with E-state index in [0.717, 1.165) is 17.9 Å². The van der Waals surface area contributed by atoms with Crippen molar-refractivity contribution in [3.63, 3.8) is 0 Å². The fourth-order valence-corrected chi connectivity index (χ4v) is 2.50. The first kappa shape index (κ1) is 19.9. The van der Waals surface area contributed by atoms with E-state index in [1.807, 2.05) is 55.5 Å². The summed E-state index contributed by atoms with van der Waals surface area (Å²) < 4.78 is 5.74. The largest absolute Gasteiger partial charge is 0.491 e. The van der Waals surface area contributed by atoms with Gasteiger partial charge in [0.05, 0.1) is 6.10 Å². The van der Waals surface area contributed by atoms with E-state index in [9.17, 15) is 4.79 Å². The van der Waals surface area contributed by atoms with Gasteiger partial charge in [-0.1, -0.05) is 32.9 Å². The van der Waals surface area contributed by atoms with Crippen LogP contribution in [0.2, 0.25) is 0 Å². The molecule has 1 atom stereocenters. The highest BCUT2D eigenvalue weighted by molar-refractivity contribution is 7.80. The highest BCUT2D eigenvalue weighted by atomic mass is 32.1. The Kier molecular flexibility index (Phi) is 7.16. The van der Waals surface area contributed by atoms with Crippen LogP contribution in [-0.4, -0.2) is 17.1 Å². The molecule has 0 radical (unpaired) electrons. The van der Waals surface area contributed by atoms with Gasteiger partial charge in [-0.05, 0) is 73.4 Å². The molecule has 0 fully saturated rings. The number of carbonyl (C=O) groups is 1. The van der Waals surface area contributed by atoms with Gasteiger partial charge >= 0.3 is 0 Å². The normalized spacial score (nSPS) is 11.7. The zero-order valence-corrected chi connectivity index (χ0v) is 16.5. The lowest BCUT2D eigenvalue weighted by atomic mass is 10.0. The topological polar surface area (TPSA) is 50.4 Å². The van der Waals surface area contributed by atoms with Crippen LogP contribution < -0.4 is 15.4 Å². The minimum atomic E-state index is -0.227. The molecule has 0 aliphatic rings. The molecule has 4 nitrogen and oxygen atoms in total. The Morgan fingerprint density at radius 1 is 1.04 bits per heavy atom. The second kappa shape index (κ2) is 9.34. The van der Waals surface area contributed by atoms with Gasteiger partial charge in [-0.3, -0.25) is 10.1 Å². The first-order valence-electron chi connectivity index (χ1n) is 8.88. The molecule has 0 saturated heterocycles. The van der Waals surface area contributed by atoms with Crippen LogP contribution in [0.3, 0.4) is 0 Å². The minimum absolute atomic E-state index is 0.177. The molecule has 0 heterocycles. The average Bonchev–Trinajstić information content (AvgIpc) is 2.63. The van der Waals surface area contributed by atoms with Crippen molar-refractivity contribution in [2.75, 3.05) is 5.32 Å². The standard InChI is InChI=1S/C21H26N2O2S/c1-5-15(4)25-19-12-10-18(11-13-19)22-21(26)23-20(24)17-8-6-16(7-9-17)14(2)3/h6-15H,5H2,1-4H3,(H2,22,23,24,26). The summed E-state index contributed by atoms with van der Waals surface area (Å²) >= 11 is 5.23. The number of carbonyl (C=O) groups excluding carboxylic acids is 1. The van der Waals surface area contributed by atoms with E-state index < -0.39 is 0 Å². The predicted molar refractivity (Wildman–Crippen MR) is 111 cm³/mol. The molecular weight excluding hydrogens is 344 g/mol. The van der Waals surface area contributed by atoms with Crippen molar-refractivity contribution in [3.8, 4) is 5.75 Å². The van der Waals surface area contributed by atoms with Crippen molar-refractivity contribution >= 4 is 28.9 Å². The molecule has 138 valence electrons. The number of anilines is 1. The number of hydrogen-bond acceptors (Lipinski definition) is 3. The van der Waals surface area contributed by atoms with Crippen LogP contribution in [0.15, 0.2) is 48.5 Å². The van der Waals surface area contributed by atoms with Gasteiger partial charge in [0, 0.05) is 11.3 Å². The van der Waals surface area contributed by atoms with Gasteiger partial charge in [-0.2, -0.15) is 0 Å². The van der Waals surface area contributed by atoms with E-state index in [1.54, 1.807) is 0 Å². The van der Waals surface area contributed by atoms with E-state index in [2.05, 4.69) is 31.4 Å². The highest BCUT2D eigenvalue weighted by Crippen LogP contribution is 2.18. The summed E-state index contributed by atoms with van der Waals surface area (Å²) in [5, 5.41) is 5.97. The molecule has 0 aliphatic carbocycles. The highest BCUT2D eigenvalue weighted by Gasteiger charge is 2.09. The molecule has 0 bridgehead atoms. The fourth-order valence-electron chi connectivity index (χ4n) is 2.29. The van der Waals surface area contributed by atoms with Gasteiger partial charge in [-0.15, -0.1) is 0 Å². The summed E-state index contributed by atoms with van der Waals surface area (Å²) in [6, 6.07) is 15.1. The summed E-state index contributed by atoms with van der Waals surface area (Å²) in [5.41, 5.74) is 2.57. The molecule has 2 rings (SSSR count). The first-order valence-corrected chi connectivity index (χ1v) is 9.29. The Hall–Kier alpha value is -2.40. The number of nitrogens with one attached hydrogen (secondary N) is 2. The summed E-state index contributed by atoms with van der Waals surface area (Å²) in [6.07, 6.45) is 1.13. The zero-order valence-electron chi connectivity index (χ0n) is 15.7. The molecule has 2 aromatic carbocycles. The smallest absolute Gasteiger partial charge is 0.257 e. The molecule has 2 N–H and O–H groups in total. The Morgan fingerprint density at radius 3 is 2.19 bits per heavy atom. The maximum Gasteiger partial charge on any atom is 0.257 e. The number of ether oxygens (including phenoxy) is 1. The third-order valence-corrected chi connectivity index (χ3v) is 4.30. The quantitative estimate of drug-likeness (QED) is 0.694. The zero-order chi connectivity index (χ0) is 19.1. The fraction of sp³-hybridized carbons (Fsp3) is 0.333. The maximum absolute atomic E-state index is 12.3. The Labute approximate surface area is 161 Å². The summed E-state index contributed by atoms with van der Waals surface area (Å²) in [5.74, 6) is 1.02. The third-order valence-electron chi connectivity index (χ3n) is 4.09. The summed E-state index contributed by atoms with van der Waals surface area (Å²) in [4.78, 5) is 12.3. The van der Waals surface area contributed by atoms with Crippen LogP contribution >= 0.6 is 12.2 Å². The Morgan fingerprint density at radius 2 is 1.65 bits per heavy atom. The molecule has 1 amide bonds. The molecule has 1 unspecified atom stereocenters. The van der Waals surface area contributed by atoms with Crippen molar-refractivity contribution in [1.29, 1.82) is 0 Å². The number of thiocarbonyl (C=S) groups is 1. The van der Waals surface area contributed by atoms with E-state index in [-0.39, 0.29) is 17.1 Å². The van der Waals surface area contributed by atoms with Gasteiger partial charge in [0.1, 0.15) is 5.75 Å². The van der Waals surface area contributed by atoms with Crippen LogP contribution in [0.1, 0.15) is 56.0 Å². The van der Waals surface area contributed by atoms with Crippen LogP contribution in [-0.2, 0) is 0 Å². The van der Waals surface area contributed by atoms with Gasteiger partial charge in [-0.25, -0.2) is 0 Å². The van der Waals surface area contributed by atoms with Gasteiger partial charge in [0.15, 0.2) is 5.11 Å². The molecule has 26 heavy (non-hydrogen) atoms. The first-order chi connectivity index (χ1) is 12.4. The van der Waals surface area contributed by atoms with Crippen molar-refractivity contribution in [2.45, 2.75) is 46.1 Å². The van der Waals surface area contributed by atoms with E-state index >= 15 is 0 Å². The lowest BCUT2D eigenvalue weighted by molar-refractivity contribution is 0.0977. The van der Waals surface area contributed by atoms with Crippen LogP contribution in [0.5, 0.6) is 5.75 Å². The predicted octanol–water partition coefficient (Wildman–Crippen LogP) is 5.11. The van der Waals surface area contributed by atoms with Gasteiger partial charge < -0.3 is 10.1 Å². The van der Waals surface area contributed by atoms with E-state index in [1.165, 1.54) is 5.56 Å². The maximum atomic E-state index is 12.3. The van der Waals surface area contributed by atoms with E-state index in [4.69, 9.17) is 17.0 Å². The lowest BCUT2D eigenvalue weighted by Gasteiger charge is -2.14. The molecule has 0 aliphatic heterocycles. The average molecular weight is 371 g/mol. The monoisotopic (exact) mass is 370 g/mol. The van der Waals surface area contributed by atoms with Crippen molar-refractivity contribution in [2.24, 2.45) is 0 Å². The summed E-state index contributed by atoms with van der Waals surface area (Å²) in [6.45, 7) is 8.35. The van der Waals surface area contributed by atoms with Gasteiger partial charge in [0.2, 0.25) is 0 Å². The van der Waals surface area contributed by atoms with E-state index in [0.29, 0.717) is 11.5 Å². The molecule has 0 saturated carbocycles. The summed E-state index contributed by atoms with van der Waals surface area (Å²) in [7, 11) is 0. The van der Waals surface area contributed by atoms with Crippen molar-refractivity contribution in [3.05, 3.63) is 59.7 Å². The molecule has 5 heteroatoms. The minimum Gasteiger partial charge on any atom is -0.491 e. The SMILES string of the molecule is CCC(C)Oc1ccc(NC(=S)NC(=O)c2ccc(C(C)C)cc2)cc1. The van der Waals surface area contributed by atoms with Gasteiger partial charge in [0.25, 0.3) is 5.91 Å². The van der Waals surface area contributed by atoms with Crippen LogP contribution in [0.4, 0.5) is 5.69 Å². The molecule has 0 spiro atoms. The number of hydrogen-bond donors (Lipinski definition) is 2. The third kappa shape index (κ3) is 5.85. The van der Waals surface area contributed by atoms with Crippen LogP contribution in [0, 0.1) is 0 Å². The Balaban J connectivity index is 1.90. The second-order valence-corrected chi connectivity index (χ2v) is 6.95. The van der Waals surface area contributed by atoms with Crippen LogP contribution in [0.25, 0.3) is 0 Å². The lowest BCUT2D eigenvalue weighted by Crippen LogP contribution is -2.34. The van der Waals surface area contributed by atoms with Crippen molar-refractivity contribution < 1.29 is 9.53 Å². The molecule has 2 aromatic rings. The second-order valence-electron chi connectivity index (χ2n) is 6.55. The number of rotatable bonds is 6.